The van der Waals surface area contributed by atoms with E-state index in [2.05, 4.69) is 96.9 Å². The van der Waals surface area contributed by atoms with E-state index in [4.69, 9.17) is 21.4 Å². The molecule has 2 aliphatic carbocycles. The highest BCUT2D eigenvalue weighted by Gasteiger charge is 2.52. The van der Waals surface area contributed by atoms with Gasteiger partial charge in [0.05, 0.1) is 17.0 Å². The van der Waals surface area contributed by atoms with Crippen molar-refractivity contribution in [2.75, 3.05) is 0 Å². The Morgan fingerprint density at radius 1 is 0.471 bits per heavy atom. The van der Waals surface area contributed by atoms with Gasteiger partial charge < -0.3 is 0 Å². The van der Waals surface area contributed by atoms with Gasteiger partial charge in [-0.2, -0.15) is 5.26 Å². The first-order valence-corrected chi connectivity index (χ1v) is 16.9. The molecule has 7 aromatic carbocycles. The van der Waals surface area contributed by atoms with Gasteiger partial charge in [-0.1, -0.05) is 127 Å². The number of aromatic nitrogens is 3. The molecule has 8 aromatic rings. The molecule has 1 spiro atoms. The van der Waals surface area contributed by atoms with Crippen LogP contribution in [0, 0.1) is 23.7 Å². The van der Waals surface area contributed by atoms with E-state index < -0.39 is 5.41 Å². The average molecular weight is 647 g/mol. The Morgan fingerprint density at radius 2 is 1.06 bits per heavy atom. The van der Waals surface area contributed by atoms with E-state index in [9.17, 15) is 5.26 Å². The number of nitriles is 1. The molecule has 0 N–H and O–H groups in total. The first-order chi connectivity index (χ1) is 25.2. The molecule has 0 fully saturated rings. The summed E-state index contributed by atoms with van der Waals surface area (Å²) in [5.41, 5.74) is 12.4. The van der Waals surface area contributed by atoms with Crippen molar-refractivity contribution < 1.29 is 0 Å². The highest BCUT2D eigenvalue weighted by atomic mass is 15.0. The van der Waals surface area contributed by atoms with Crippen molar-refractivity contribution in [2.45, 2.75) is 5.41 Å². The lowest BCUT2D eigenvalue weighted by Gasteiger charge is -2.30. The van der Waals surface area contributed by atoms with Gasteiger partial charge in [0.25, 0.3) is 0 Å². The molecule has 0 saturated heterocycles. The smallest absolute Gasteiger partial charge is 0.164 e. The molecule has 4 heteroatoms. The lowest BCUT2D eigenvalue weighted by molar-refractivity contribution is 0.794. The van der Waals surface area contributed by atoms with Gasteiger partial charge in [-0.3, -0.25) is 0 Å². The van der Waals surface area contributed by atoms with Crippen LogP contribution in [0.2, 0.25) is 0 Å². The van der Waals surface area contributed by atoms with Gasteiger partial charge in [-0.05, 0) is 80.0 Å². The molecule has 51 heavy (non-hydrogen) atoms. The van der Waals surface area contributed by atoms with Crippen molar-refractivity contribution in [3.63, 3.8) is 0 Å². The molecule has 4 nitrogen and oxygen atoms in total. The molecular weight excluding hydrogens is 621 g/mol. The van der Waals surface area contributed by atoms with Gasteiger partial charge in [0.2, 0.25) is 0 Å². The van der Waals surface area contributed by atoms with E-state index >= 15 is 0 Å². The molecule has 0 bridgehead atoms. The highest BCUT2D eigenvalue weighted by Crippen LogP contribution is 2.63. The normalized spacial score (nSPS) is 14.7. The van der Waals surface area contributed by atoms with Crippen LogP contribution in [-0.4, -0.2) is 15.0 Å². The first-order valence-electron chi connectivity index (χ1n) is 16.9. The van der Waals surface area contributed by atoms with E-state index in [0.717, 1.165) is 49.7 Å². The zero-order valence-electron chi connectivity index (χ0n) is 27.3. The maximum atomic E-state index is 10.4. The summed E-state index contributed by atoms with van der Waals surface area (Å²) in [5, 5.41) is 12.6. The predicted molar refractivity (Wildman–Crippen MR) is 203 cm³/mol. The molecule has 0 radical (unpaired) electrons. The summed E-state index contributed by atoms with van der Waals surface area (Å²) in [6.07, 6.45) is 6.01. The number of hydrogen-bond acceptors (Lipinski definition) is 4. The monoisotopic (exact) mass is 646 g/mol. The van der Waals surface area contributed by atoms with Crippen LogP contribution >= 0.6 is 0 Å². The number of nitrogens with zero attached hydrogens (tertiary/aromatic N) is 4. The van der Waals surface area contributed by atoms with Crippen LogP contribution in [0.4, 0.5) is 0 Å². The Labute approximate surface area is 295 Å². The van der Waals surface area contributed by atoms with Crippen molar-refractivity contribution in [2.24, 2.45) is 0 Å². The van der Waals surface area contributed by atoms with E-state index in [1.54, 1.807) is 0 Å². The van der Waals surface area contributed by atoms with Gasteiger partial charge in [-0.15, -0.1) is 6.42 Å². The van der Waals surface area contributed by atoms with Crippen LogP contribution < -0.4 is 0 Å². The molecule has 10 rings (SSSR count). The van der Waals surface area contributed by atoms with E-state index in [0.29, 0.717) is 28.6 Å². The maximum Gasteiger partial charge on any atom is 0.164 e. The lowest BCUT2D eigenvalue weighted by Crippen LogP contribution is -2.26. The van der Waals surface area contributed by atoms with Gasteiger partial charge in [-0.25, -0.2) is 15.0 Å². The van der Waals surface area contributed by atoms with E-state index in [-0.39, 0.29) is 0 Å². The lowest BCUT2D eigenvalue weighted by atomic mass is 9.70. The number of fused-ring (bicyclic) bond motifs is 11. The van der Waals surface area contributed by atoms with Crippen LogP contribution in [0.25, 0.3) is 67.2 Å². The summed E-state index contributed by atoms with van der Waals surface area (Å²) >= 11 is 0. The second-order valence-electron chi connectivity index (χ2n) is 13.0. The summed E-state index contributed by atoms with van der Waals surface area (Å²) in [6.45, 7) is 0. The largest absolute Gasteiger partial charge is 0.208 e. The number of rotatable bonds is 3. The fourth-order valence-corrected chi connectivity index (χ4v) is 8.25. The Kier molecular flexibility index (Phi) is 6.18. The third-order valence-corrected chi connectivity index (χ3v) is 10.4. The topological polar surface area (TPSA) is 62.5 Å². The summed E-state index contributed by atoms with van der Waals surface area (Å²) in [4.78, 5) is 14.9. The van der Waals surface area contributed by atoms with Gasteiger partial charge >= 0.3 is 0 Å². The molecular formula is C47H26N4. The predicted octanol–water partition coefficient (Wildman–Crippen LogP) is 10.2. The summed E-state index contributed by atoms with van der Waals surface area (Å²) in [5.74, 6) is 4.69. The third kappa shape index (κ3) is 4.12. The maximum absolute atomic E-state index is 10.4. The molecule has 0 amide bonds. The van der Waals surface area contributed by atoms with Crippen molar-refractivity contribution in [1.82, 2.24) is 15.0 Å². The summed E-state index contributed by atoms with van der Waals surface area (Å²) in [6, 6.07) is 54.7. The summed E-state index contributed by atoms with van der Waals surface area (Å²) in [7, 11) is 0. The van der Waals surface area contributed by atoms with E-state index in [1.807, 2.05) is 66.7 Å². The Hall–Kier alpha value is -7.14. The second kappa shape index (κ2) is 10.9. The Balaban J connectivity index is 1.24. The fourth-order valence-electron chi connectivity index (χ4n) is 8.25. The zero-order chi connectivity index (χ0) is 34.1. The van der Waals surface area contributed by atoms with Crippen LogP contribution in [-0.2, 0) is 5.41 Å². The SMILES string of the molecule is C#Cc1cc(C#N)c2c(c1)C1(c3ccccc3-c3cc4ccc(-c5nc(-c6ccccc6)nc(-c6ccccc6)n5)cc4cc31)c1ccccc1-2. The van der Waals surface area contributed by atoms with Crippen molar-refractivity contribution in [1.29, 1.82) is 5.26 Å². The number of benzene rings is 7. The van der Waals surface area contributed by atoms with Crippen molar-refractivity contribution in [3.8, 4) is 74.8 Å². The second-order valence-corrected chi connectivity index (χ2v) is 13.0. The van der Waals surface area contributed by atoms with Crippen LogP contribution in [0.1, 0.15) is 33.4 Å². The molecule has 2 aliphatic rings. The van der Waals surface area contributed by atoms with Gasteiger partial charge in [0.1, 0.15) is 0 Å². The highest BCUT2D eigenvalue weighted by molar-refractivity contribution is 6.01. The van der Waals surface area contributed by atoms with Gasteiger partial charge in [0.15, 0.2) is 17.5 Å². The van der Waals surface area contributed by atoms with Gasteiger partial charge in [0, 0.05) is 27.8 Å². The molecule has 1 unspecified atom stereocenters. The van der Waals surface area contributed by atoms with Crippen molar-refractivity contribution >= 4 is 10.8 Å². The third-order valence-electron chi connectivity index (χ3n) is 10.4. The van der Waals surface area contributed by atoms with Crippen LogP contribution in [0.3, 0.4) is 0 Å². The molecule has 0 saturated carbocycles. The molecule has 234 valence electrons. The molecule has 1 heterocycles. The minimum absolute atomic E-state index is 0.594. The van der Waals surface area contributed by atoms with Crippen LogP contribution in [0.15, 0.2) is 152 Å². The number of hydrogen-bond donors (Lipinski definition) is 0. The molecule has 1 aromatic heterocycles. The quantitative estimate of drug-likeness (QED) is 0.179. The standard InChI is InChI=1S/C47H26N4/c1-2-29-23-35(28-48)43-37-18-10-12-20-40(37)47(42(43)24-29)39-19-11-9-17-36(39)38-26-32-21-22-33(25-34(32)27-41(38)47)46-50-44(30-13-5-3-6-14-30)49-45(51-46)31-15-7-4-8-16-31/h1,3-27H. The van der Waals surface area contributed by atoms with E-state index in [1.165, 1.54) is 22.3 Å². The number of terminal acetylenes is 1. The average Bonchev–Trinajstić information content (AvgIpc) is 3.66. The minimum Gasteiger partial charge on any atom is -0.208 e. The Morgan fingerprint density at radius 3 is 1.71 bits per heavy atom. The summed E-state index contributed by atoms with van der Waals surface area (Å²) < 4.78 is 0. The molecule has 1 atom stereocenters. The fraction of sp³-hybridized carbons (Fsp3) is 0.0213. The first kappa shape index (κ1) is 28.8. The van der Waals surface area contributed by atoms with Crippen molar-refractivity contribution in [3.05, 3.63) is 185 Å². The van der Waals surface area contributed by atoms with Crippen LogP contribution in [0.5, 0.6) is 0 Å². The minimum atomic E-state index is -0.644. The molecule has 0 aliphatic heterocycles. The Bertz CT molecular complexity index is 2770. The zero-order valence-corrected chi connectivity index (χ0v) is 27.3.